The largest absolute Gasteiger partial charge is 0.354 e. The maximum absolute atomic E-state index is 13.5. The summed E-state index contributed by atoms with van der Waals surface area (Å²) in [6.07, 6.45) is 0. The average molecular weight is 377 g/mol. The Morgan fingerprint density at radius 3 is 2.65 bits per heavy atom. The van der Waals surface area contributed by atoms with Crippen LogP contribution in [0, 0.1) is 19.7 Å². The summed E-state index contributed by atoms with van der Waals surface area (Å²) in [6, 6.07) is 4.46. The van der Waals surface area contributed by atoms with E-state index < -0.39 is 0 Å². The molecule has 1 aromatic heterocycles. The summed E-state index contributed by atoms with van der Waals surface area (Å²) in [4.78, 5) is 22.7. The number of carbonyl (C=O) groups excluding carboxylic acids is 1. The highest BCUT2D eigenvalue weighted by atomic mass is 32.1. The minimum atomic E-state index is -0.380. The molecule has 1 aromatic carbocycles. The topological polar surface area (TPSA) is 69.6 Å². The number of benzene rings is 1. The van der Waals surface area contributed by atoms with Crippen LogP contribution in [0.2, 0.25) is 0 Å². The second kappa shape index (κ2) is 9.28. The first-order valence-corrected chi connectivity index (χ1v) is 9.16. The van der Waals surface area contributed by atoms with Gasteiger partial charge >= 0.3 is 0 Å². The first-order chi connectivity index (χ1) is 12.4. The number of nitrogens with one attached hydrogen (secondary N) is 2. The number of hydrogen-bond acceptors (Lipinski definition) is 4. The minimum absolute atomic E-state index is 0.299. The Morgan fingerprint density at radius 1 is 1.31 bits per heavy atom. The smallest absolute Gasteiger partial charge is 0.251 e. The third-order valence-corrected chi connectivity index (χ3v) is 4.59. The van der Waals surface area contributed by atoms with Crippen molar-refractivity contribution in [1.29, 1.82) is 0 Å². The fraction of sp³-hybridized carbons (Fsp3) is 0.389. The molecule has 0 atom stereocenters. The quantitative estimate of drug-likeness (QED) is 0.461. The van der Waals surface area contributed by atoms with Crippen LogP contribution < -0.4 is 10.6 Å². The highest BCUT2D eigenvalue weighted by Crippen LogP contribution is 2.10. The van der Waals surface area contributed by atoms with E-state index in [0.717, 1.165) is 10.7 Å². The number of halogens is 1. The predicted molar refractivity (Wildman–Crippen MR) is 103 cm³/mol. The van der Waals surface area contributed by atoms with Crippen LogP contribution in [0.5, 0.6) is 0 Å². The van der Waals surface area contributed by atoms with Gasteiger partial charge in [-0.2, -0.15) is 0 Å². The van der Waals surface area contributed by atoms with Crippen LogP contribution >= 0.6 is 11.3 Å². The molecule has 26 heavy (non-hydrogen) atoms. The molecule has 2 aromatic rings. The molecule has 1 heterocycles. The molecule has 0 unspecified atom stereocenters. The summed E-state index contributed by atoms with van der Waals surface area (Å²) >= 11 is 1.62. The molecule has 0 spiro atoms. The fourth-order valence-corrected chi connectivity index (χ4v) is 2.97. The lowest BCUT2D eigenvalue weighted by Crippen LogP contribution is -2.42. The third kappa shape index (κ3) is 5.52. The molecule has 0 radical (unpaired) electrons. The van der Waals surface area contributed by atoms with Crippen molar-refractivity contribution >= 4 is 23.2 Å². The highest BCUT2D eigenvalue weighted by molar-refractivity contribution is 7.09. The zero-order chi connectivity index (χ0) is 19.1. The van der Waals surface area contributed by atoms with Crippen molar-refractivity contribution in [2.75, 3.05) is 27.2 Å². The molecule has 8 heteroatoms. The van der Waals surface area contributed by atoms with E-state index in [0.29, 0.717) is 36.7 Å². The fourth-order valence-electron chi connectivity index (χ4n) is 2.37. The van der Waals surface area contributed by atoms with Crippen LogP contribution in [0.4, 0.5) is 4.39 Å². The van der Waals surface area contributed by atoms with Gasteiger partial charge in [0.15, 0.2) is 5.96 Å². The zero-order valence-electron chi connectivity index (χ0n) is 15.5. The van der Waals surface area contributed by atoms with Crippen LogP contribution in [-0.4, -0.2) is 48.9 Å². The van der Waals surface area contributed by atoms with Gasteiger partial charge in [-0.1, -0.05) is 6.07 Å². The van der Waals surface area contributed by atoms with Gasteiger partial charge in [-0.25, -0.2) is 9.37 Å². The van der Waals surface area contributed by atoms with Crippen molar-refractivity contribution < 1.29 is 9.18 Å². The Labute approximate surface area is 157 Å². The molecule has 0 aliphatic heterocycles. The van der Waals surface area contributed by atoms with E-state index in [1.54, 1.807) is 37.4 Å². The van der Waals surface area contributed by atoms with Crippen molar-refractivity contribution in [2.45, 2.75) is 20.4 Å². The maximum atomic E-state index is 13.5. The summed E-state index contributed by atoms with van der Waals surface area (Å²) in [5, 5.41) is 9.01. The number of rotatable bonds is 6. The van der Waals surface area contributed by atoms with E-state index in [-0.39, 0.29) is 11.7 Å². The van der Waals surface area contributed by atoms with Crippen LogP contribution in [0.1, 0.15) is 26.6 Å². The Balaban J connectivity index is 1.78. The molecule has 0 saturated heterocycles. The van der Waals surface area contributed by atoms with E-state index in [1.165, 1.54) is 6.07 Å². The molecule has 0 fully saturated rings. The molecule has 0 aliphatic carbocycles. The number of carbonyl (C=O) groups is 1. The van der Waals surface area contributed by atoms with Crippen LogP contribution in [-0.2, 0) is 6.54 Å². The summed E-state index contributed by atoms with van der Waals surface area (Å²) in [5.41, 5.74) is 1.83. The second-order valence-electron chi connectivity index (χ2n) is 5.91. The predicted octanol–water partition coefficient (Wildman–Crippen LogP) is 2.34. The zero-order valence-corrected chi connectivity index (χ0v) is 16.3. The lowest BCUT2D eigenvalue weighted by molar-refractivity contribution is 0.0954. The van der Waals surface area contributed by atoms with Gasteiger partial charge < -0.3 is 15.5 Å². The van der Waals surface area contributed by atoms with Gasteiger partial charge in [0.2, 0.25) is 0 Å². The number of guanidine groups is 1. The SMILES string of the molecule is CN=C(NCCNC(=O)c1ccc(C)c(F)c1)N(C)Cc1csc(C)n1. The van der Waals surface area contributed by atoms with E-state index in [4.69, 9.17) is 0 Å². The summed E-state index contributed by atoms with van der Waals surface area (Å²) in [7, 11) is 3.64. The first-order valence-electron chi connectivity index (χ1n) is 8.28. The minimum Gasteiger partial charge on any atom is -0.354 e. The van der Waals surface area contributed by atoms with Gasteiger partial charge in [-0.3, -0.25) is 9.79 Å². The van der Waals surface area contributed by atoms with Gasteiger partial charge in [0.05, 0.1) is 17.2 Å². The molecule has 2 rings (SSSR count). The second-order valence-corrected chi connectivity index (χ2v) is 6.97. The lowest BCUT2D eigenvalue weighted by Gasteiger charge is -2.21. The summed E-state index contributed by atoms with van der Waals surface area (Å²) < 4.78 is 13.5. The van der Waals surface area contributed by atoms with Crippen molar-refractivity contribution in [3.63, 3.8) is 0 Å². The number of nitrogens with zero attached hydrogens (tertiary/aromatic N) is 3. The van der Waals surface area contributed by atoms with Crippen LogP contribution in [0.25, 0.3) is 0 Å². The molecule has 6 nitrogen and oxygen atoms in total. The average Bonchev–Trinajstić information content (AvgIpc) is 3.01. The normalized spacial score (nSPS) is 11.3. The maximum Gasteiger partial charge on any atom is 0.251 e. The van der Waals surface area contributed by atoms with Gasteiger partial charge in [0.1, 0.15) is 5.82 Å². The number of hydrogen-bond donors (Lipinski definition) is 2. The lowest BCUT2D eigenvalue weighted by atomic mass is 10.1. The van der Waals surface area contributed by atoms with Gasteiger partial charge in [0, 0.05) is 38.1 Å². The summed E-state index contributed by atoms with van der Waals surface area (Å²) in [6.45, 7) is 5.20. The molecule has 140 valence electrons. The first kappa shape index (κ1) is 19.8. The Hall–Kier alpha value is -2.48. The molecular weight excluding hydrogens is 353 g/mol. The van der Waals surface area contributed by atoms with Crippen LogP contribution in [0.3, 0.4) is 0 Å². The van der Waals surface area contributed by atoms with Crippen molar-refractivity contribution in [3.05, 3.63) is 51.2 Å². The Bertz CT molecular complexity index is 790. The number of aliphatic imine (C=N–C) groups is 1. The molecular formula is C18H24FN5OS. The van der Waals surface area contributed by atoms with Gasteiger partial charge in [-0.15, -0.1) is 11.3 Å². The standard InChI is InChI=1S/C18H24FN5OS/c1-12-5-6-14(9-16(12)19)17(25)21-7-8-22-18(20-3)24(4)10-15-11-26-13(2)23-15/h5-6,9,11H,7-8,10H2,1-4H3,(H,20,22)(H,21,25). The van der Waals surface area contributed by atoms with Crippen molar-refractivity contribution in [1.82, 2.24) is 20.5 Å². The number of thiazole rings is 1. The van der Waals surface area contributed by atoms with Crippen LogP contribution in [0.15, 0.2) is 28.6 Å². The van der Waals surface area contributed by atoms with E-state index in [2.05, 4.69) is 20.6 Å². The monoisotopic (exact) mass is 377 g/mol. The third-order valence-electron chi connectivity index (χ3n) is 3.77. The molecule has 0 bridgehead atoms. The Morgan fingerprint density at radius 2 is 2.04 bits per heavy atom. The van der Waals surface area contributed by atoms with Crippen molar-refractivity contribution in [2.24, 2.45) is 4.99 Å². The molecule has 2 N–H and O–H groups in total. The number of amides is 1. The Kier molecular flexibility index (Phi) is 7.08. The number of aromatic nitrogens is 1. The van der Waals surface area contributed by atoms with E-state index in [1.807, 2.05) is 24.3 Å². The molecule has 0 aliphatic rings. The van der Waals surface area contributed by atoms with Gasteiger partial charge in [0.25, 0.3) is 5.91 Å². The van der Waals surface area contributed by atoms with E-state index >= 15 is 0 Å². The molecule has 0 saturated carbocycles. The van der Waals surface area contributed by atoms with Gasteiger partial charge in [-0.05, 0) is 31.5 Å². The van der Waals surface area contributed by atoms with E-state index in [9.17, 15) is 9.18 Å². The highest BCUT2D eigenvalue weighted by Gasteiger charge is 2.10. The molecule has 1 amide bonds. The van der Waals surface area contributed by atoms with Crippen molar-refractivity contribution in [3.8, 4) is 0 Å². The summed E-state index contributed by atoms with van der Waals surface area (Å²) in [5.74, 6) is 0.0355. The number of aryl methyl sites for hydroxylation is 2.